The zero-order valence-electron chi connectivity index (χ0n) is 20.9. The van der Waals surface area contributed by atoms with Crippen LogP contribution < -0.4 is 10.6 Å². The number of halogens is 6. The molecule has 0 aromatic carbocycles. The molecule has 2 atom stereocenters. The standard InChI is InChI=1S/C24H25ClF5N7O3/c25-21-20(35-40-36-21)22(39)34-19(13-3-6-23(26,27)7-4-13)15-11-37-16(32-15)9-14(10-31-37)18(12-1-2-12)33-17(38)5-8-24(28,29)30/h9-13,18-19H,1-8H2,(H,33,38)(H,34,39)/t18?,19-/m0/s1. The van der Waals surface area contributed by atoms with Crippen LogP contribution in [0.2, 0.25) is 5.15 Å². The second-order valence-corrected chi connectivity index (χ2v) is 10.7. The summed E-state index contributed by atoms with van der Waals surface area (Å²) in [4.78, 5) is 29.7. The van der Waals surface area contributed by atoms with Gasteiger partial charge in [0.2, 0.25) is 22.7 Å². The Kier molecular flexibility index (Phi) is 7.68. The second kappa shape index (κ2) is 10.9. The molecule has 3 heterocycles. The Balaban J connectivity index is 1.39. The maximum absolute atomic E-state index is 13.9. The minimum atomic E-state index is -4.44. The van der Waals surface area contributed by atoms with Crippen LogP contribution in [0.1, 0.15) is 85.2 Å². The monoisotopic (exact) mass is 589 g/mol. The first kappa shape index (κ1) is 28.2. The number of hydrogen-bond acceptors (Lipinski definition) is 7. The Hall–Kier alpha value is -3.36. The fourth-order valence-electron chi connectivity index (χ4n) is 4.99. The highest BCUT2D eigenvalue weighted by atomic mass is 35.5. The highest BCUT2D eigenvalue weighted by Crippen LogP contribution is 2.43. The molecule has 3 aromatic rings. The van der Waals surface area contributed by atoms with E-state index in [4.69, 9.17) is 11.6 Å². The van der Waals surface area contributed by atoms with Crippen LogP contribution in [0, 0.1) is 11.8 Å². The van der Waals surface area contributed by atoms with E-state index in [1.807, 2.05) is 0 Å². The van der Waals surface area contributed by atoms with Gasteiger partial charge in [0.25, 0.3) is 5.91 Å². The van der Waals surface area contributed by atoms with Crippen molar-refractivity contribution in [1.82, 2.24) is 35.5 Å². The molecule has 16 heteroatoms. The molecular weight excluding hydrogens is 565 g/mol. The lowest BCUT2D eigenvalue weighted by Crippen LogP contribution is -2.37. The van der Waals surface area contributed by atoms with Crippen LogP contribution >= 0.6 is 11.6 Å². The number of nitrogens with one attached hydrogen (secondary N) is 2. The Morgan fingerprint density at radius 1 is 1.10 bits per heavy atom. The molecule has 2 fully saturated rings. The predicted octanol–water partition coefficient (Wildman–Crippen LogP) is 4.97. The van der Waals surface area contributed by atoms with E-state index >= 15 is 0 Å². The predicted molar refractivity (Wildman–Crippen MR) is 128 cm³/mol. The molecule has 0 aliphatic heterocycles. The van der Waals surface area contributed by atoms with Crippen LogP contribution in [0.5, 0.6) is 0 Å². The van der Waals surface area contributed by atoms with Crippen molar-refractivity contribution in [2.45, 2.75) is 75.5 Å². The molecule has 0 spiro atoms. The van der Waals surface area contributed by atoms with Gasteiger partial charge in [-0.1, -0.05) is 11.6 Å². The fourth-order valence-corrected chi connectivity index (χ4v) is 5.14. The van der Waals surface area contributed by atoms with Crippen molar-refractivity contribution in [3.63, 3.8) is 0 Å². The van der Waals surface area contributed by atoms with E-state index < -0.39 is 48.8 Å². The van der Waals surface area contributed by atoms with E-state index in [0.717, 1.165) is 12.8 Å². The van der Waals surface area contributed by atoms with Crippen LogP contribution in [0.15, 0.2) is 23.1 Å². The van der Waals surface area contributed by atoms with Crippen molar-refractivity contribution < 1.29 is 36.2 Å². The molecule has 1 unspecified atom stereocenters. The third kappa shape index (κ3) is 6.67. The number of hydrogen-bond donors (Lipinski definition) is 2. The molecule has 0 bridgehead atoms. The summed E-state index contributed by atoms with van der Waals surface area (Å²) in [6, 6.07) is 0.342. The van der Waals surface area contributed by atoms with Crippen LogP contribution in [0.4, 0.5) is 22.0 Å². The second-order valence-electron chi connectivity index (χ2n) is 10.3. The van der Waals surface area contributed by atoms with Crippen LogP contribution in [-0.2, 0) is 4.79 Å². The van der Waals surface area contributed by atoms with Gasteiger partial charge in [-0.2, -0.15) is 18.3 Å². The van der Waals surface area contributed by atoms with Crippen molar-refractivity contribution >= 4 is 29.1 Å². The normalized spacial score (nSPS) is 19.4. The van der Waals surface area contributed by atoms with Gasteiger partial charge >= 0.3 is 6.18 Å². The zero-order chi connectivity index (χ0) is 28.7. The number of carbonyl (C=O) groups is 2. The summed E-state index contributed by atoms with van der Waals surface area (Å²) in [5.41, 5.74) is 1.03. The molecule has 216 valence electrons. The number of fused-ring (bicyclic) bond motifs is 1. The Bertz CT molecular complexity index is 1380. The largest absolute Gasteiger partial charge is 0.389 e. The highest BCUT2D eigenvalue weighted by molar-refractivity contribution is 6.32. The number of rotatable bonds is 9. The number of imidazole rings is 1. The number of nitrogens with zero attached hydrogens (tertiary/aromatic N) is 5. The van der Waals surface area contributed by atoms with Gasteiger partial charge in [0, 0.05) is 19.3 Å². The third-order valence-corrected chi connectivity index (χ3v) is 7.51. The van der Waals surface area contributed by atoms with Crippen molar-refractivity contribution in [2.24, 2.45) is 11.8 Å². The Morgan fingerprint density at radius 3 is 2.42 bits per heavy atom. The van der Waals surface area contributed by atoms with Crippen molar-refractivity contribution in [1.29, 1.82) is 0 Å². The molecule has 2 saturated carbocycles. The quantitative estimate of drug-likeness (QED) is 0.337. The maximum atomic E-state index is 13.9. The molecule has 3 aromatic heterocycles. The first-order valence-corrected chi connectivity index (χ1v) is 13.1. The molecule has 2 amide bonds. The summed E-state index contributed by atoms with van der Waals surface area (Å²) in [5, 5.41) is 16.4. The van der Waals surface area contributed by atoms with E-state index in [1.165, 1.54) is 10.7 Å². The fraction of sp³-hybridized carbons (Fsp3) is 0.583. The highest BCUT2D eigenvalue weighted by Gasteiger charge is 2.40. The van der Waals surface area contributed by atoms with Gasteiger partial charge in [-0.15, -0.1) is 0 Å². The third-order valence-electron chi connectivity index (χ3n) is 7.27. The van der Waals surface area contributed by atoms with Gasteiger partial charge in [0.1, 0.15) is 0 Å². The van der Waals surface area contributed by atoms with Gasteiger partial charge in [0.15, 0.2) is 5.65 Å². The lowest BCUT2D eigenvalue weighted by Gasteiger charge is -2.33. The van der Waals surface area contributed by atoms with Crippen LogP contribution in [0.3, 0.4) is 0 Å². The van der Waals surface area contributed by atoms with Crippen LogP contribution in [-0.4, -0.2) is 48.8 Å². The van der Waals surface area contributed by atoms with Gasteiger partial charge in [0.05, 0.1) is 36.6 Å². The van der Waals surface area contributed by atoms with Crippen molar-refractivity contribution in [3.05, 3.63) is 40.6 Å². The molecular formula is C24H25ClF5N7O3. The maximum Gasteiger partial charge on any atom is 0.389 e. The average molecular weight is 590 g/mol. The minimum Gasteiger partial charge on any atom is -0.349 e. The van der Waals surface area contributed by atoms with Crippen molar-refractivity contribution in [3.8, 4) is 0 Å². The summed E-state index contributed by atoms with van der Waals surface area (Å²) >= 11 is 5.86. The van der Waals surface area contributed by atoms with E-state index in [0.29, 0.717) is 16.9 Å². The zero-order valence-corrected chi connectivity index (χ0v) is 21.7. The topological polar surface area (TPSA) is 127 Å². The number of aromatic nitrogens is 5. The van der Waals surface area contributed by atoms with E-state index in [-0.39, 0.29) is 48.4 Å². The SMILES string of the molecule is O=C(CCC(F)(F)F)NC(c1cnn2cc([C@@H](NC(=O)c3nonc3Cl)C3CCC(F)(F)CC3)nc2c1)C1CC1. The summed E-state index contributed by atoms with van der Waals surface area (Å²) in [6.07, 6.45) is -2.10. The van der Waals surface area contributed by atoms with Gasteiger partial charge in [-0.05, 0) is 59.5 Å². The van der Waals surface area contributed by atoms with E-state index in [9.17, 15) is 31.5 Å². The lowest BCUT2D eigenvalue weighted by molar-refractivity contribution is -0.144. The number of amides is 2. The number of alkyl halides is 5. The van der Waals surface area contributed by atoms with Gasteiger partial charge in [-0.25, -0.2) is 22.9 Å². The lowest BCUT2D eigenvalue weighted by atomic mass is 9.81. The van der Waals surface area contributed by atoms with Gasteiger partial charge in [-0.3, -0.25) is 9.59 Å². The molecule has 2 aliphatic carbocycles. The molecule has 2 aliphatic rings. The van der Waals surface area contributed by atoms with Crippen molar-refractivity contribution in [2.75, 3.05) is 0 Å². The summed E-state index contributed by atoms with van der Waals surface area (Å²) in [7, 11) is 0. The first-order valence-electron chi connectivity index (χ1n) is 12.8. The molecule has 10 nitrogen and oxygen atoms in total. The average Bonchev–Trinajstić information content (AvgIpc) is 3.49. The van der Waals surface area contributed by atoms with E-state index in [2.05, 4.69) is 35.7 Å². The molecule has 0 radical (unpaired) electrons. The molecule has 0 saturated heterocycles. The number of carbonyl (C=O) groups excluding carboxylic acids is 2. The molecule has 40 heavy (non-hydrogen) atoms. The summed E-state index contributed by atoms with van der Waals surface area (Å²) in [5.74, 6) is -4.53. The molecule has 2 N–H and O–H groups in total. The minimum absolute atomic E-state index is 0.0604. The first-order chi connectivity index (χ1) is 18.9. The Morgan fingerprint density at radius 2 is 1.80 bits per heavy atom. The van der Waals surface area contributed by atoms with Crippen LogP contribution in [0.25, 0.3) is 5.65 Å². The van der Waals surface area contributed by atoms with E-state index in [1.54, 1.807) is 12.3 Å². The smallest absolute Gasteiger partial charge is 0.349 e. The Labute approximate surface area is 229 Å². The summed E-state index contributed by atoms with van der Waals surface area (Å²) in [6.45, 7) is 0. The molecule has 5 rings (SSSR count). The summed E-state index contributed by atoms with van der Waals surface area (Å²) < 4.78 is 71.4. The van der Waals surface area contributed by atoms with Gasteiger partial charge < -0.3 is 10.6 Å².